The summed E-state index contributed by atoms with van der Waals surface area (Å²) < 4.78 is 7.55. The molecule has 0 aliphatic carbocycles. The number of nitrogens with one attached hydrogen (secondary N) is 1. The van der Waals surface area contributed by atoms with Crippen LogP contribution in [0.3, 0.4) is 0 Å². The van der Waals surface area contributed by atoms with Crippen LogP contribution in [-0.2, 0) is 0 Å². The summed E-state index contributed by atoms with van der Waals surface area (Å²) in [6.45, 7) is 4.68. The van der Waals surface area contributed by atoms with Gasteiger partial charge in [0.05, 0.1) is 11.6 Å². The number of likely N-dealkylation sites (tertiary alicyclic amines) is 1. The van der Waals surface area contributed by atoms with Gasteiger partial charge >= 0.3 is 0 Å². The van der Waals surface area contributed by atoms with Gasteiger partial charge in [0.1, 0.15) is 5.75 Å². The molecule has 0 radical (unpaired) electrons. The molecule has 124 valence electrons. The Labute approximate surface area is 154 Å². The third kappa shape index (κ3) is 3.67. The van der Waals surface area contributed by atoms with E-state index in [1.807, 2.05) is 6.07 Å². The van der Waals surface area contributed by atoms with Crippen LogP contribution in [0.15, 0.2) is 33.2 Å². The minimum Gasteiger partial charge on any atom is -0.495 e. The van der Waals surface area contributed by atoms with Gasteiger partial charge in [0, 0.05) is 27.5 Å². The molecule has 0 amide bonds. The molecule has 1 atom stereocenters. The van der Waals surface area contributed by atoms with Gasteiger partial charge in [-0.3, -0.25) is 4.90 Å². The first-order chi connectivity index (χ1) is 11.1. The smallest absolute Gasteiger partial charge is 0.142 e. The number of methoxy groups -OCH3 is 1. The van der Waals surface area contributed by atoms with Gasteiger partial charge in [-0.15, -0.1) is 0 Å². The summed E-state index contributed by atoms with van der Waals surface area (Å²) in [5, 5.41) is 0. The average molecular weight is 442 g/mol. The van der Waals surface area contributed by atoms with Gasteiger partial charge in [0.15, 0.2) is 0 Å². The summed E-state index contributed by atoms with van der Waals surface area (Å²) >= 11 is 7.14. The summed E-state index contributed by atoms with van der Waals surface area (Å²) in [5.41, 5.74) is 3.41. The number of ether oxygens (including phenoxy) is 1. The first kappa shape index (κ1) is 17.1. The number of rotatable bonds is 4. The predicted octanol–water partition coefficient (Wildman–Crippen LogP) is 5.76. The second kappa shape index (κ2) is 7.41. The van der Waals surface area contributed by atoms with Crippen LogP contribution in [0.1, 0.15) is 37.9 Å². The number of nitrogens with zero attached hydrogens (tertiary/aromatic N) is 1. The Morgan fingerprint density at radius 1 is 1.13 bits per heavy atom. The molecule has 1 aliphatic rings. The van der Waals surface area contributed by atoms with E-state index in [4.69, 9.17) is 4.74 Å². The molecule has 2 heterocycles. The molecular formula is C18H22Br2N2O. The maximum absolute atomic E-state index is 5.57. The second-order valence-corrected chi connectivity index (χ2v) is 7.84. The number of H-pyrrole nitrogens is 1. The third-order valence-electron chi connectivity index (χ3n) is 4.60. The highest BCUT2D eigenvalue weighted by Crippen LogP contribution is 2.39. The molecule has 0 spiro atoms. The van der Waals surface area contributed by atoms with Crippen molar-refractivity contribution in [1.82, 2.24) is 9.88 Å². The minimum atomic E-state index is 0.422. The fraction of sp³-hybridized carbons (Fsp3) is 0.444. The molecule has 0 saturated carbocycles. The molecule has 1 saturated heterocycles. The highest BCUT2D eigenvalue weighted by molar-refractivity contribution is 9.11. The Hall–Kier alpha value is -0.780. The first-order valence-electron chi connectivity index (χ1n) is 8.06. The molecule has 0 bridgehead atoms. The van der Waals surface area contributed by atoms with Crippen LogP contribution >= 0.6 is 31.9 Å². The number of aromatic amines is 1. The van der Waals surface area contributed by atoms with E-state index in [1.54, 1.807) is 7.11 Å². The molecule has 3 nitrogen and oxygen atoms in total. The lowest BCUT2D eigenvalue weighted by atomic mass is 10.1. The monoisotopic (exact) mass is 440 g/mol. The average Bonchev–Trinajstić information content (AvgIpc) is 3.04. The molecule has 23 heavy (non-hydrogen) atoms. The molecule has 1 aromatic heterocycles. The van der Waals surface area contributed by atoms with E-state index in [9.17, 15) is 0 Å². The SMILES string of the molecule is COc1c(Br)cc(Br)cc1-c1ccc(C(C)N2CCCCC2)[nH]1. The van der Waals surface area contributed by atoms with E-state index < -0.39 is 0 Å². The van der Waals surface area contributed by atoms with Gasteiger partial charge in [-0.05, 0) is 73.1 Å². The van der Waals surface area contributed by atoms with Gasteiger partial charge < -0.3 is 9.72 Å². The van der Waals surface area contributed by atoms with Crippen molar-refractivity contribution in [3.63, 3.8) is 0 Å². The quantitative estimate of drug-likeness (QED) is 0.652. The molecule has 1 fully saturated rings. The number of aromatic nitrogens is 1. The van der Waals surface area contributed by atoms with Crippen molar-refractivity contribution < 1.29 is 4.74 Å². The molecule has 1 aliphatic heterocycles. The van der Waals surface area contributed by atoms with Crippen LogP contribution in [-0.4, -0.2) is 30.1 Å². The van der Waals surface area contributed by atoms with E-state index in [1.165, 1.54) is 38.0 Å². The molecule has 3 rings (SSSR count). The number of hydrogen-bond acceptors (Lipinski definition) is 2. The van der Waals surface area contributed by atoms with Gasteiger partial charge in [-0.25, -0.2) is 0 Å². The Morgan fingerprint density at radius 3 is 2.57 bits per heavy atom. The Kier molecular flexibility index (Phi) is 5.49. The van der Waals surface area contributed by atoms with E-state index in [0.717, 1.165) is 26.0 Å². The van der Waals surface area contributed by atoms with E-state index in [-0.39, 0.29) is 0 Å². The number of benzene rings is 1. The maximum Gasteiger partial charge on any atom is 0.142 e. The van der Waals surface area contributed by atoms with Crippen LogP contribution in [0.2, 0.25) is 0 Å². The van der Waals surface area contributed by atoms with Crippen molar-refractivity contribution in [1.29, 1.82) is 0 Å². The van der Waals surface area contributed by atoms with Crippen molar-refractivity contribution in [3.05, 3.63) is 38.9 Å². The Balaban J connectivity index is 1.90. The highest BCUT2D eigenvalue weighted by atomic mass is 79.9. The lowest BCUT2D eigenvalue weighted by molar-refractivity contribution is 0.172. The van der Waals surface area contributed by atoms with Crippen LogP contribution in [0, 0.1) is 0 Å². The minimum absolute atomic E-state index is 0.422. The fourth-order valence-corrected chi connectivity index (χ4v) is 4.67. The summed E-state index contributed by atoms with van der Waals surface area (Å²) in [7, 11) is 1.71. The van der Waals surface area contributed by atoms with Crippen LogP contribution < -0.4 is 4.74 Å². The fourth-order valence-electron chi connectivity index (χ4n) is 3.28. The zero-order valence-electron chi connectivity index (χ0n) is 13.5. The first-order valence-corrected chi connectivity index (χ1v) is 9.65. The molecule has 2 aromatic rings. The van der Waals surface area contributed by atoms with Crippen LogP contribution in [0.4, 0.5) is 0 Å². The summed E-state index contributed by atoms with van der Waals surface area (Å²) in [6.07, 6.45) is 3.98. The van der Waals surface area contributed by atoms with Crippen molar-refractivity contribution in [2.24, 2.45) is 0 Å². The number of halogens is 2. The molecule has 1 N–H and O–H groups in total. The predicted molar refractivity (Wildman–Crippen MR) is 102 cm³/mol. The Bertz CT molecular complexity index is 678. The zero-order chi connectivity index (χ0) is 16.4. The summed E-state index contributed by atoms with van der Waals surface area (Å²) in [6, 6.07) is 8.86. The largest absolute Gasteiger partial charge is 0.495 e. The topological polar surface area (TPSA) is 28.3 Å². The van der Waals surface area contributed by atoms with E-state index in [2.05, 4.69) is 66.9 Å². The van der Waals surface area contributed by atoms with Gasteiger partial charge in [0.25, 0.3) is 0 Å². The van der Waals surface area contributed by atoms with Crippen molar-refractivity contribution in [3.8, 4) is 17.0 Å². The maximum atomic E-state index is 5.57. The number of hydrogen-bond donors (Lipinski definition) is 1. The lowest BCUT2D eigenvalue weighted by Crippen LogP contribution is -2.32. The van der Waals surface area contributed by atoms with Crippen molar-refractivity contribution in [2.75, 3.05) is 20.2 Å². The Morgan fingerprint density at radius 2 is 1.87 bits per heavy atom. The summed E-state index contributed by atoms with van der Waals surface area (Å²) in [4.78, 5) is 6.16. The highest BCUT2D eigenvalue weighted by Gasteiger charge is 2.20. The normalized spacial score (nSPS) is 17.2. The van der Waals surface area contributed by atoms with E-state index in [0.29, 0.717) is 6.04 Å². The zero-order valence-corrected chi connectivity index (χ0v) is 16.7. The number of piperidine rings is 1. The standard InChI is InChI=1S/C18H22Br2N2O/c1-12(22-8-4-3-5-9-22)16-6-7-17(21-16)14-10-13(19)11-15(20)18(14)23-2/h6-7,10-12,21H,3-5,8-9H2,1-2H3. The molecule has 1 aromatic carbocycles. The molecule has 1 unspecified atom stereocenters. The van der Waals surface area contributed by atoms with Gasteiger partial charge in [-0.2, -0.15) is 0 Å². The van der Waals surface area contributed by atoms with Crippen molar-refractivity contribution in [2.45, 2.75) is 32.2 Å². The summed E-state index contributed by atoms with van der Waals surface area (Å²) in [5.74, 6) is 0.854. The van der Waals surface area contributed by atoms with Crippen LogP contribution in [0.5, 0.6) is 5.75 Å². The third-order valence-corrected chi connectivity index (χ3v) is 5.65. The molecular weight excluding hydrogens is 420 g/mol. The van der Waals surface area contributed by atoms with Gasteiger partial charge in [-0.1, -0.05) is 22.4 Å². The van der Waals surface area contributed by atoms with Crippen molar-refractivity contribution >= 4 is 31.9 Å². The van der Waals surface area contributed by atoms with Crippen LogP contribution in [0.25, 0.3) is 11.3 Å². The molecule has 5 heteroatoms. The second-order valence-electron chi connectivity index (χ2n) is 6.07. The lowest BCUT2D eigenvalue weighted by Gasteiger charge is -2.31. The van der Waals surface area contributed by atoms with E-state index >= 15 is 0 Å². The van der Waals surface area contributed by atoms with Gasteiger partial charge in [0.2, 0.25) is 0 Å².